The van der Waals surface area contributed by atoms with Crippen LogP contribution in [0.5, 0.6) is 11.5 Å². The molecule has 9 atom stereocenters. The number of carboxylic acids is 1. The predicted molar refractivity (Wildman–Crippen MR) is 347 cm³/mol. The monoisotopic (exact) mass is 1390 g/mol. The molecule has 0 saturated carbocycles. The second kappa shape index (κ2) is 40.2. The fourth-order valence-corrected chi connectivity index (χ4v) is 12.1. The van der Waals surface area contributed by atoms with Crippen LogP contribution in [-0.2, 0) is 84.8 Å². The van der Waals surface area contributed by atoms with Crippen molar-refractivity contribution in [3.05, 3.63) is 59.7 Å². The summed E-state index contributed by atoms with van der Waals surface area (Å²) in [6.07, 6.45) is -3.04. The molecule has 2 saturated heterocycles. The topological polar surface area (TPSA) is 500 Å². The largest absolute Gasteiger partial charge is 0.508 e. The molecule has 2 fully saturated rings. The number of aromatic hydroxyl groups is 2. The summed E-state index contributed by atoms with van der Waals surface area (Å²) in [7, 11) is 3.01. The zero-order chi connectivity index (χ0) is 71.2. The zero-order valence-corrected chi connectivity index (χ0v) is 55.7. The van der Waals surface area contributed by atoms with Gasteiger partial charge in [-0.3, -0.25) is 76.8 Å². The Balaban J connectivity index is 1.63. The number of nitrogens with one attached hydrogen (secondary N) is 13. The molecule has 2 aromatic carbocycles. The number of likely N-dealkylation sites (tertiary alicyclic amines) is 1. The van der Waals surface area contributed by atoms with E-state index >= 15 is 0 Å². The van der Waals surface area contributed by atoms with E-state index in [4.69, 9.17) is 0 Å². The zero-order valence-electron chi connectivity index (χ0n) is 54.0. The number of benzene rings is 2. The number of phenolic OH excluding ortho intramolecular Hbond substituents is 2. The fourth-order valence-electron chi connectivity index (χ4n) is 9.75. The van der Waals surface area contributed by atoms with Gasteiger partial charge in [0.25, 0.3) is 0 Å². The average Bonchev–Trinajstić information content (AvgIpc) is 1.88. The minimum absolute atomic E-state index is 0.00857. The third-order valence-electron chi connectivity index (χ3n) is 14.6. The number of amides is 14. The molecule has 17 N–H and O–H groups in total. The minimum atomic E-state index is -2.00. The van der Waals surface area contributed by atoms with Gasteiger partial charge < -0.3 is 94.4 Å². The Kier molecular flexibility index (Phi) is 33.1. The van der Waals surface area contributed by atoms with Crippen LogP contribution in [0.25, 0.3) is 0 Å². The van der Waals surface area contributed by atoms with Crippen molar-refractivity contribution in [2.75, 3.05) is 77.5 Å². The van der Waals surface area contributed by atoms with Crippen LogP contribution < -0.4 is 69.1 Å². The summed E-state index contributed by atoms with van der Waals surface area (Å²) in [6, 6.07) is -1.79. The molecule has 0 aliphatic carbocycles. The molecule has 34 nitrogen and oxygen atoms in total. The van der Waals surface area contributed by atoms with E-state index in [9.17, 15) is 92.3 Å². The first-order chi connectivity index (χ1) is 45.4. The van der Waals surface area contributed by atoms with Gasteiger partial charge in [0.2, 0.25) is 82.7 Å². The Bertz CT molecular complexity index is 3070. The Morgan fingerprint density at radius 3 is 1.72 bits per heavy atom. The van der Waals surface area contributed by atoms with Crippen molar-refractivity contribution in [2.45, 2.75) is 128 Å². The maximum Gasteiger partial charge on any atom is 0.305 e. The van der Waals surface area contributed by atoms with E-state index in [1.54, 1.807) is 18.7 Å². The van der Waals surface area contributed by atoms with E-state index in [-0.39, 0.29) is 106 Å². The van der Waals surface area contributed by atoms with Gasteiger partial charge in [-0.15, -0.1) is 0 Å². The molecule has 4 rings (SSSR count). The van der Waals surface area contributed by atoms with Crippen LogP contribution in [0.2, 0.25) is 0 Å². The van der Waals surface area contributed by atoms with Crippen molar-refractivity contribution >= 4 is 110 Å². The minimum Gasteiger partial charge on any atom is -0.508 e. The van der Waals surface area contributed by atoms with E-state index in [0.29, 0.717) is 11.1 Å². The summed E-state index contributed by atoms with van der Waals surface area (Å²) in [5.74, 6) is -14.4. The summed E-state index contributed by atoms with van der Waals surface area (Å²) < 4.78 is 0. The van der Waals surface area contributed by atoms with Crippen LogP contribution in [-0.4, -0.2) is 251 Å². The lowest BCUT2D eigenvalue weighted by Gasteiger charge is -2.31. The van der Waals surface area contributed by atoms with E-state index in [1.807, 2.05) is 0 Å². The standard InChI is InChI=1S/C60H87N15O19S2/c1-32(2)22-43(67-48(82)27-64-47(81)26-65-50(84)29-74(20-17-62-34(4)77)21-18-63-35(5)78)60(94)75-19-7-8-46(75)58(92)71-45-31-96-95-30-44(53(87)61-6)72-59(93)52(33(3)76)73-49(83)28-66-54(88)40(23-36-9-13-38(79)14-10-36)68-55(89)41(24-37-11-15-39(80)16-12-37)69-56(90)42(25-51(85)86)70-57(45)91/h9-16,32-33,40-46,52,76,79-80H,7-8,17-31H2,1-6H3,(H,61,87)(H,62,77)(H,63,78)(H,64,81)(H,65,84)(H,66,88)(H,67,82)(H,68,89)(H,69,90)(H,70,91)(H,71,92)(H,72,93)(H,73,83)(H,85,86)/t33?,40-,41-,42-,43?,44-,45-,46-,52-/m0/s1. The molecule has 36 heteroatoms. The van der Waals surface area contributed by atoms with E-state index in [2.05, 4.69) is 69.1 Å². The highest BCUT2D eigenvalue weighted by Crippen LogP contribution is 2.25. The summed E-state index contributed by atoms with van der Waals surface area (Å²) in [6.45, 7) is 6.03. The number of carbonyl (C=O) groups excluding carboxylic acids is 14. The number of aliphatic carboxylic acids is 1. The van der Waals surface area contributed by atoms with Gasteiger partial charge in [0.05, 0.1) is 38.7 Å². The molecule has 528 valence electrons. The molecular formula is C60H87N15O19S2. The van der Waals surface area contributed by atoms with Crippen LogP contribution in [0.3, 0.4) is 0 Å². The summed E-state index contributed by atoms with van der Waals surface area (Å²) >= 11 is 0. The maximum atomic E-state index is 14.6. The lowest BCUT2D eigenvalue weighted by Crippen LogP contribution is -2.61. The Hall–Kier alpha value is -9.29. The number of phenols is 2. The third kappa shape index (κ3) is 28.3. The van der Waals surface area contributed by atoms with Gasteiger partial charge in [-0.05, 0) is 67.5 Å². The highest BCUT2D eigenvalue weighted by Gasteiger charge is 2.41. The molecule has 14 amide bonds. The molecule has 0 bridgehead atoms. The second-order valence-electron chi connectivity index (χ2n) is 23.1. The van der Waals surface area contributed by atoms with Gasteiger partial charge in [-0.25, -0.2) is 0 Å². The molecule has 0 spiro atoms. The predicted octanol–water partition coefficient (Wildman–Crippen LogP) is -5.77. The molecule has 2 heterocycles. The van der Waals surface area contributed by atoms with Crippen molar-refractivity contribution in [1.29, 1.82) is 0 Å². The van der Waals surface area contributed by atoms with Crippen molar-refractivity contribution in [3.63, 3.8) is 0 Å². The van der Waals surface area contributed by atoms with Crippen molar-refractivity contribution in [2.24, 2.45) is 5.92 Å². The van der Waals surface area contributed by atoms with Gasteiger partial charge in [0.1, 0.15) is 59.8 Å². The highest BCUT2D eigenvalue weighted by molar-refractivity contribution is 8.76. The normalized spacial score (nSPS) is 20.8. The molecule has 2 aromatic rings. The first-order valence-electron chi connectivity index (χ1n) is 30.8. The molecule has 0 aromatic heterocycles. The van der Waals surface area contributed by atoms with Gasteiger partial charge in [0, 0.05) is 78.0 Å². The van der Waals surface area contributed by atoms with Crippen molar-refractivity contribution in [3.8, 4) is 11.5 Å². The highest BCUT2D eigenvalue weighted by atomic mass is 33.1. The molecule has 96 heavy (non-hydrogen) atoms. The van der Waals surface area contributed by atoms with Crippen molar-refractivity contribution in [1.82, 2.24) is 78.9 Å². The number of aliphatic hydroxyl groups excluding tert-OH is 1. The van der Waals surface area contributed by atoms with Crippen LogP contribution in [0.15, 0.2) is 48.5 Å². The number of carboxylic acid groups (broad SMARTS) is 1. The molecule has 2 unspecified atom stereocenters. The number of likely N-dealkylation sites (N-methyl/N-ethyl adjacent to an activating group) is 1. The van der Waals surface area contributed by atoms with Gasteiger partial charge in [0.15, 0.2) is 0 Å². The first kappa shape index (κ1) is 79.1. The summed E-state index contributed by atoms with van der Waals surface area (Å²) in [4.78, 5) is 204. The quantitative estimate of drug-likeness (QED) is 0.0390. The summed E-state index contributed by atoms with van der Waals surface area (Å²) in [5.41, 5.74) is 0.697. The second-order valence-corrected chi connectivity index (χ2v) is 25.6. The molecule has 0 radical (unpaired) electrons. The number of nitrogens with zero attached hydrogens (tertiary/aromatic N) is 2. The van der Waals surface area contributed by atoms with Crippen molar-refractivity contribution < 1.29 is 92.3 Å². The van der Waals surface area contributed by atoms with Crippen LogP contribution in [0, 0.1) is 5.92 Å². The number of aliphatic hydroxyl groups is 1. The van der Waals surface area contributed by atoms with E-state index in [1.165, 1.54) is 81.2 Å². The smallest absolute Gasteiger partial charge is 0.305 e. The lowest BCUT2D eigenvalue weighted by molar-refractivity contribution is -0.143. The summed E-state index contributed by atoms with van der Waals surface area (Å²) in [5, 5.41) is 73.0. The van der Waals surface area contributed by atoms with Crippen LogP contribution in [0.1, 0.15) is 71.4 Å². The Morgan fingerprint density at radius 2 is 1.18 bits per heavy atom. The number of rotatable bonds is 26. The average molecular weight is 1390 g/mol. The maximum absolute atomic E-state index is 14.6. The van der Waals surface area contributed by atoms with E-state index < -0.39 is 163 Å². The van der Waals surface area contributed by atoms with E-state index in [0.717, 1.165) is 21.6 Å². The number of hydrogen-bond donors (Lipinski definition) is 17. The van der Waals surface area contributed by atoms with Gasteiger partial charge in [-0.2, -0.15) is 0 Å². The molecular weight excluding hydrogens is 1300 g/mol. The number of carbonyl (C=O) groups is 15. The fraction of sp³-hybridized carbons (Fsp3) is 0.550. The van der Waals surface area contributed by atoms with Crippen LogP contribution >= 0.6 is 21.6 Å². The molecule has 2 aliphatic heterocycles. The Labute approximate surface area is 561 Å². The molecule has 2 aliphatic rings. The Morgan fingerprint density at radius 1 is 0.646 bits per heavy atom. The van der Waals surface area contributed by atoms with Gasteiger partial charge in [-0.1, -0.05) is 59.7 Å². The first-order valence-corrected chi connectivity index (χ1v) is 33.3. The number of hydrogen-bond acceptors (Lipinski definition) is 21. The van der Waals surface area contributed by atoms with Gasteiger partial charge >= 0.3 is 5.97 Å². The lowest BCUT2D eigenvalue weighted by atomic mass is 10.0. The van der Waals surface area contributed by atoms with Crippen LogP contribution in [0.4, 0.5) is 0 Å². The third-order valence-corrected chi connectivity index (χ3v) is 17.1. The SMILES string of the molecule is CNC(=O)[C@@H]1CSSC[C@H](NC(=O)[C@@H]2CCCN2C(=O)C(CC(C)C)NC(=O)CNC(=O)CNC(=O)CN(CCNC(C)=O)CCNC(C)=O)C(=O)N[C@@H](CC(=O)O)C(=O)N[C@@H](Cc2ccc(O)cc2)C(=O)N[C@@H](Cc2ccc(O)cc2)C(=O)NCC(=O)N[C@@H](C(C)O)C(=O)N1.